The van der Waals surface area contributed by atoms with Gasteiger partial charge in [-0.2, -0.15) is 0 Å². The lowest BCUT2D eigenvalue weighted by atomic mass is 10.1. The molecule has 1 fully saturated rings. The van der Waals surface area contributed by atoms with Crippen LogP contribution in [0.4, 0.5) is 16.2 Å². The molecule has 1 unspecified atom stereocenters. The Bertz CT molecular complexity index is 1330. The zero-order valence-corrected chi connectivity index (χ0v) is 23.2. The van der Waals surface area contributed by atoms with Crippen molar-refractivity contribution in [2.75, 3.05) is 37.2 Å². The van der Waals surface area contributed by atoms with E-state index in [-0.39, 0.29) is 30.4 Å². The summed E-state index contributed by atoms with van der Waals surface area (Å²) in [5.74, 6) is 0.985. The van der Waals surface area contributed by atoms with Crippen LogP contribution in [0.15, 0.2) is 71.6 Å². The van der Waals surface area contributed by atoms with E-state index < -0.39 is 0 Å². The first-order valence-corrected chi connectivity index (χ1v) is 13.8. The number of benzene rings is 3. The van der Waals surface area contributed by atoms with Gasteiger partial charge in [0.2, 0.25) is 5.91 Å². The maximum atomic E-state index is 13.2. The summed E-state index contributed by atoms with van der Waals surface area (Å²) in [7, 11) is 2.90. The first-order chi connectivity index (χ1) is 18.9. The second-order valence-corrected chi connectivity index (χ2v) is 10.4. The van der Waals surface area contributed by atoms with Crippen LogP contribution in [0.3, 0.4) is 0 Å². The Morgan fingerprint density at radius 1 is 0.974 bits per heavy atom. The SMILES string of the molecule is COC(=O)c1ccc(SCC2CCCN2C(=O)Cc2ccc(NC(=O)Nc3ccccc3C)c(OC)c2)cc1. The number of carbonyl (C=O) groups excluding carboxylic acids is 3. The van der Waals surface area contributed by atoms with Gasteiger partial charge in [-0.15, -0.1) is 11.8 Å². The number of methoxy groups -OCH3 is 2. The Kier molecular flexibility index (Phi) is 9.49. The number of nitrogens with zero attached hydrogens (tertiary/aromatic N) is 1. The third-order valence-corrected chi connectivity index (χ3v) is 7.83. The number of esters is 1. The highest BCUT2D eigenvalue weighted by Crippen LogP contribution is 2.29. The Hall–Kier alpha value is -3.98. The number of hydrogen-bond donors (Lipinski definition) is 2. The number of para-hydroxylation sites is 1. The molecule has 0 radical (unpaired) electrons. The molecule has 3 aromatic carbocycles. The molecule has 9 heteroatoms. The largest absolute Gasteiger partial charge is 0.495 e. The van der Waals surface area contributed by atoms with Crippen LogP contribution in [-0.2, 0) is 16.0 Å². The molecule has 0 spiro atoms. The number of urea groups is 1. The summed E-state index contributed by atoms with van der Waals surface area (Å²) in [6, 6.07) is 20.0. The smallest absolute Gasteiger partial charge is 0.337 e. The van der Waals surface area contributed by atoms with Crippen LogP contribution in [0.2, 0.25) is 0 Å². The van der Waals surface area contributed by atoms with Gasteiger partial charge < -0.3 is 25.0 Å². The van der Waals surface area contributed by atoms with Crippen LogP contribution in [0, 0.1) is 6.92 Å². The van der Waals surface area contributed by atoms with Gasteiger partial charge >= 0.3 is 12.0 Å². The molecule has 1 saturated heterocycles. The maximum Gasteiger partial charge on any atom is 0.337 e. The van der Waals surface area contributed by atoms with E-state index in [1.807, 2.05) is 54.3 Å². The molecule has 2 N–H and O–H groups in total. The Labute approximate surface area is 233 Å². The van der Waals surface area contributed by atoms with E-state index in [0.717, 1.165) is 46.8 Å². The van der Waals surface area contributed by atoms with E-state index in [1.54, 1.807) is 36.0 Å². The summed E-state index contributed by atoms with van der Waals surface area (Å²) < 4.78 is 10.3. The Balaban J connectivity index is 1.34. The van der Waals surface area contributed by atoms with Gasteiger partial charge in [-0.3, -0.25) is 4.79 Å². The van der Waals surface area contributed by atoms with E-state index in [4.69, 9.17) is 9.47 Å². The third-order valence-electron chi connectivity index (χ3n) is 6.68. The normalized spacial score (nSPS) is 14.5. The van der Waals surface area contributed by atoms with Crippen LogP contribution < -0.4 is 15.4 Å². The van der Waals surface area contributed by atoms with Crippen molar-refractivity contribution >= 4 is 41.0 Å². The Morgan fingerprint density at radius 3 is 2.44 bits per heavy atom. The number of nitrogens with one attached hydrogen (secondary N) is 2. The van der Waals surface area contributed by atoms with Crippen molar-refractivity contribution in [3.05, 3.63) is 83.4 Å². The van der Waals surface area contributed by atoms with E-state index in [1.165, 1.54) is 14.2 Å². The number of rotatable bonds is 9. The van der Waals surface area contributed by atoms with Crippen molar-refractivity contribution in [2.45, 2.75) is 37.1 Å². The first kappa shape index (κ1) is 28.0. The number of anilines is 2. The highest BCUT2D eigenvalue weighted by Gasteiger charge is 2.28. The fourth-order valence-electron chi connectivity index (χ4n) is 4.55. The van der Waals surface area contributed by atoms with Gasteiger partial charge in [-0.1, -0.05) is 24.3 Å². The van der Waals surface area contributed by atoms with Crippen LogP contribution in [0.1, 0.15) is 34.3 Å². The van der Waals surface area contributed by atoms with Gasteiger partial charge in [0.25, 0.3) is 0 Å². The van der Waals surface area contributed by atoms with Crippen LogP contribution in [0.5, 0.6) is 5.75 Å². The van der Waals surface area contributed by atoms with Crippen molar-refractivity contribution in [1.82, 2.24) is 4.90 Å². The average Bonchev–Trinajstić information content (AvgIpc) is 3.43. The molecule has 4 rings (SSSR count). The molecule has 3 amide bonds. The van der Waals surface area contributed by atoms with Gasteiger partial charge in [-0.25, -0.2) is 9.59 Å². The van der Waals surface area contributed by atoms with Gasteiger partial charge in [0.1, 0.15) is 5.75 Å². The predicted octanol–water partition coefficient (Wildman–Crippen LogP) is 5.76. The van der Waals surface area contributed by atoms with Crippen LogP contribution >= 0.6 is 11.8 Å². The second-order valence-electron chi connectivity index (χ2n) is 9.32. The number of carbonyl (C=O) groups is 3. The third kappa shape index (κ3) is 7.32. The molecular weight excluding hydrogens is 514 g/mol. The lowest BCUT2D eigenvalue weighted by Gasteiger charge is -2.25. The quantitative estimate of drug-likeness (QED) is 0.261. The topological polar surface area (TPSA) is 97.0 Å². The molecule has 1 aliphatic heterocycles. The molecule has 1 atom stereocenters. The fraction of sp³-hybridized carbons (Fsp3) is 0.300. The summed E-state index contributed by atoms with van der Waals surface area (Å²) in [4.78, 5) is 40.4. The zero-order valence-electron chi connectivity index (χ0n) is 22.4. The lowest BCUT2D eigenvalue weighted by Crippen LogP contribution is -2.38. The minimum absolute atomic E-state index is 0.0687. The summed E-state index contributed by atoms with van der Waals surface area (Å²) in [5, 5.41) is 5.67. The van der Waals surface area contributed by atoms with Crippen LogP contribution in [-0.4, -0.2) is 55.4 Å². The van der Waals surface area contributed by atoms with E-state index in [0.29, 0.717) is 17.0 Å². The van der Waals surface area contributed by atoms with E-state index >= 15 is 0 Å². The van der Waals surface area contributed by atoms with Crippen molar-refractivity contribution in [1.29, 1.82) is 0 Å². The molecule has 39 heavy (non-hydrogen) atoms. The molecular formula is C30H33N3O5S. The molecule has 0 bridgehead atoms. The van der Waals surface area contributed by atoms with Crippen molar-refractivity contribution in [3.8, 4) is 5.75 Å². The first-order valence-electron chi connectivity index (χ1n) is 12.8. The second kappa shape index (κ2) is 13.2. The Morgan fingerprint density at radius 2 is 1.72 bits per heavy atom. The molecule has 1 heterocycles. The highest BCUT2D eigenvalue weighted by molar-refractivity contribution is 7.99. The zero-order chi connectivity index (χ0) is 27.8. The number of amides is 3. The number of likely N-dealkylation sites (tertiary alicyclic amines) is 1. The maximum absolute atomic E-state index is 13.2. The molecule has 204 valence electrons. The molecule has 0 saturated carbocycles. The van der Waals surface area contributed by atoms with Crippen molar-refractivity contribution < 1.29 is 23.9 Å². The summed E-state index contributed by atoms with van der Waals surface area (Å²) >= 11 is 1.68. The van der Waals surface area contributed by atoms with E-state index in [2.05, 4.69) is 10.6 Å². The number of aryl methyl sites for hydroxylation is 1. The van der Waals surface area contributed by atoms with Crippen molar-refractivity contribution in [3.63, 3.8) is 0 Å². The summed E-state index contributed by atoms with van der Waals surface area (Å²) in [6.45, 7) is 2.66. The minimum atomic E-state index is -0.372. The number of thioether (sulfide) groups is 1. The van der Waals surface area contributed by atoms with Crippen LogP contribution in [0.25, 0.3) is 0 Å². The molecule has 0 aromatic heterocycles. The van der Waals surface area contributed by atoms with Gasteiger partial charge in [0.05, 0.1) is 31.9 Å². The molecule has 1 aliphatic rings. The number of hydrogen-bond acceptors (Lipinski definition) is 6. The standard InChI is InChI=1S/C30H33N3O5S/c1-20-7-4-5-9-25(20)31-30(36)32-26-15-10-21(17-27(26)37-2)18-28(34)33-16-6-8-23(33)19-39-24-13-11-22(12-14-24)29(35)38-3/h4-5,7,9-15,17,23H,6,8,16,18-19H2,1-3H3,(H2,31,32,36). The van der Waals surface area contributed by atoms with Gasteiger partial charge in [0, 0.05) is 28.9 Å². The molecule has 8 nitrogen and oxygen atoms in total. The van der Waals surface area contributed by atoms with Gasteiger partial charge in [0.15, 0.2) is 0 Å². The summed E-state index contributed by atoms with van der Waals surface area (Å²) in [6.07, 6.45) is 2.18. The fourth-order valence-corrected chi connectivity index (χ4v) is 5.61. The number of ether oxygens (including phenoxy) is 2. The van der Waals surface area contributed by atoms with Gasteiger partial charge in [-0.05, 0) is 73.4 Å². The van der Waals surface area contributed by atoms with Crippen molar-refractivity contribution in [2.24, 2.45) is 0 Å². The monoisotopic (exact) mass is 547 g/mol. The summed E-state index contributed by atoms with van der Waals surface area (Å²) in [5.41, 5.74) is 3.55. The predicted molar refractivity (Wildman–Crippen MR) is 154 cm³/mol. The minimum Gasteiger partial charge on any atom is -0.495 e. The average molecular weight is 548 g/mol. The molecule has 3 aromatic rings. The molecule has 0 aliphatic carbocycles. The highest BCUT2D eigenvalue weighted by atomic mass is 32.2. The van der Waals surface area contributed by atoms with E-state index in [9.17, 15) is 14.4 Å². The lowest BCUT2D eigenvalue weighted by molar-refractivity contribution is -0.130.